The fraction of sp³-hybridized carbons (Fsp3) is 0.438. The van der Waals surface area contributed by atoms with Crippen molar-refractivity contribution in [3.8, 4) is 0 Å². The van der Waals surface area contributed by atoms with E-state index >= 15 is 0 Å². The Morgan fingerprint density at radius 2 is 1.79 bits per heavy atom. The van der Waals surface area contributed by atoms with Gasteiger partial charge in [0.05, 0.1) is 5.69 Å². The number of rotatable bonds is 4. The molecule has 0 radical (unpaired) electrons. The summed E-state index contributed by atoms with van der Waals surface area (Å²) in [5.74, 6) is 0. The molecule has 0 aliphatic carbocycles. The van der Waals surface area contributed by atoms with Gasteiger partial charge in [-0.15, -0.1) is 11.3 Å². The number of thiazole rings is 1. The van der Waals surface area contributed by atoms with Gasteiger partial charge in [-0.3, -0.25) is 0 Å². The first-order chi connectivity index (χ1) is 8.99. The second-order valence-corrected chi connectivity index (χ2v) is 6.83. The summed E-state index contributed by atoms with van der Waals surface area (Å²) >= 11 is 1.65. The predicted octanol–water partition coefficient (Wildman–Crippen LogP) is 3.68. The molecule has 0 unspecified atom stereocenters. The first-order valence-corrected chi connectivity index (χ1v) is 7.60. The fourth-order valence-electron chi connectivity index (χ4n) is 2.00. The molecule has 0 fully saturated rings. The third kappa shape index (κ3) is 3.88. The lowest BCUT2D eigenvalue weighted by atomic mass is 9.86. The fourth-order valence-corrected chi connectivity index (χ4v) is 2.71. The summed E-state index contributed by atoms with van der Waals surface area (Å²) in [6.07, 6.45) is 2.03. The van der Waals surface area contributed by atoms with Gasteiger partial charge in [-0.2, -0.15) is 0 Å². The molecule has 3 heteroatoms. The van der Waals surface area contributed by atoms with Gasteiger partial charge in [-0.1, -0.05) is 45.0 Å². The van der Waals surface area contributed by atoms with E-state index < -0.39 is 0 Å². The molecule has 2 rings (SSSR count). The molecule has 0 spiro atoms. The molecule has 1 aromatic heterocycles. The van der Waals surface area contributed by atoms with Crippen molar-refractivity contribution in [3.05, 3.63) is 51.5 Å². The second kappa shape index (κ2) is 5.85. The normalized spacial score (nSPS) is 11.8. The number of benzene rings is 1. The third-order valence-corrected chi connectivity index (χ3v) is 4.18. The number of hydrogen-bond acceptors (Lipinski definition) is 3. The monoisotopic (exact) mass is 274 g/mol. The van der Waals surface area contributed by atoms with E-state index in [0.29, 0.717) is 6.54 Å². The van der Waals surface area contributed by atoms with Crippen LogP contribution in [0, 0.1) is 0 Å². The van der Waals surface area contributed by atoms with E-state index in [2.05, 4.69) is 55.4 Å². The molecule has 2 aromatic rings. The van der Waals surface area contributed by atoms with Crippen LogP contribution in [0.5, 0.6) is 0 Å². The van der Waals surface area contributed by atoms with Crippen molar-refractivity contribution >= 4 is 11.3 Å². The van der Waals surface area contributed by atoms with Gasteiger partial charge in [0.25, 0.3) is 0 Å². The Balaban J connectivity index is 1.96. The Bertz CT molecular complexity index is 520. The van der Waals surface area contributed by atoms with Crippen LogP contribution < -0.4 is 5.73 Å². The van der Waals surface area contributed by atoms with Crippen LogP contribution in [-0.4, -0.2) is 4.98 Å². The average molecular weight is 274 g/mol. The van der Waals surface area contributed by atoms with E-state index in [4.69, 9.17) is 5.73 Å². The number of hydrogen-bond donors (Lipinski definition) is 1. The van der Waals surface area contributed by atoms with Gasteiger partial charge in [0.2, 0.25) is 0 Å². The average Bonchev–Trinajstić information content (AvgIpc) is 2.84. The highest BCUT2D eigenvalue weighted by molar-refractivity contribution is 7.09. The van der Waals surface area contributed by atoms with Crippen LogP contribution in [0.4, 0.5) is 0 Å². The highest BCUT2D eigenvalue weighted by atomic mass is 32.1. The molecule has 0 saturated carbocycles. The summed E-state index contributed by atoms with van der Waals surface area (Å²) in [6.45, 7) is 7.27. The number of nitrogens with zero attached hydrogens (tertiary/aromatic N) is 1. The maximum atomic E-state index is 5.58. The summed E-state index contributed by atoms with van der Waals surface area (Å²) in [6, 6.07) is 8.94. The van der Waals surface area contributed by atoms with Crippen molar-refractivity contribution in [1.29, 1.82) is 0 Å². The van der Waals surface area contributed by atoms with E-state index in [1.165, 1.54) is 11.1 Å². The first-order valence-electron chi connectivity index (χ1n) is 6.72. The molecule has 0 atom stereocenters. The Morgan fingerprint density at radius 1 is 1.11 bits per heavy atom. The van der Waals surface area contributed by atoms with Crippen molar-refractivity contribution in [2.75, 3.05) is 0 Å². The first kappa shape index (κ1) is 14.2. The van der Waals surface area contributed by atoms with Crippen LogP contribution >= 0.6 is 11.3 Å². The van der Waals surface area contributed by atoms with Crippen molar-refractivity contribution in [1.82, 2.24) is 4.98 Å². The molecule has 0 bridgehead atoms. The predicted molar refractivity (Wildman–Crippen MR) is 82.6 cm³/mol. The second-order valence-electron chi connectivity index (χ2n) is 5.88. The third-order valence-electron chi connectivity index (χ3n) is 3.26. The molecular weight excluding hydrogens is 252 g/mol. The maximum absolute atomic E-state index is 5.58. The number of nitrogens with two attached hydrogens (primary N) is 1. The summed E-state index contributed by atoms with van der Waals surface area (Å²) in [5, 5.41) is 3.14. The summed E-state index contributed by atoms with van der Waals surface area (Å²) < 4.78 is 0. The topological polar surface area (TPSA) is 38.9 Å². The van der Waals surface area contributed by atoms with Gasteiger partial charge in [-0.25, -0.2) is 4.98 Å². The summed E-state index contributed by atoms with van der Waals surface area (Å²) in [5.41, 5.74) is 9.71. The summed E-state index contributed by atoms with van der Waals surface area (Å²) in [4.78, 5) is 4.49. The highest BCUT2D eigenvalue weighted by Crippen LogP contribution is 2.22. The van der Waals surface area contributed by atoms with Crippen molar-refractivity contribution in [2.45, 2.75) is 45.6 Å². The molecule has 0 aliphatic heterocycles. The smallest absolute Gasteiger partial charge is 0.106 e. The van der Waals surface area contributed by atoms with Crippen LogP contribution in [0.1, 0.15) is 42.6 Å². The van der Waals surface area contributed by atoms with Gasteiger partial charge in [-0.05, 0) is 29.4 Å². The molecule has 1 heterocycles. The number of aryl methyl sites for hydroxylation is 2. The molecule has 2 nitrogen and oxygen atoms in total. The Labute approximate surface area is 119 Å². The molecule has 0 saturated heterocycles. The molecule has 0 aliphatic rings. The maximum Gasteiger partial charge on any atom is 0.106 e. The standard InChI is InChI=1S/C16H22N2S/c1-16(2,3)13-7-4-12(5-8-13)6-9-14-11-19-15(10-17)18-14/h4-5,7-8,11H,6,9-10,17H2,1-3H3. The SMILES string of the molecule is CC(C)(C)c1ccc(CCc2csc(CN)n2)cc1. The van der Waals surface area contributed by atoms with Gasteiger partial charge in [0.15, 0.2) is 0 Å². The van der Waals surface area contributed by atoms with Gasteiger partial charge >= 0.3 is 0 Å². The summed E-state index contributed by atoms with van der Waals surface area (Å²) in [7, 11) is 0. The molecule has 2 N–H and O–H groups in total. The molecule has 1 aromatic carbocycles. The van der Waals surface area contributed by atoms with E-state index in [-0.39, 0.29) is 5.41 Å². The zero-order valence-corrected chi connectivity index (χ0v) is 12.8. The minimum Gasteiger partial charge on any atom is -0.325 e. The van der Waals surface area contributed by atoms with Crippen LogP contribution in [0.15, 0.2) is 29.6 Å². The van der Waals surface area contributed by atoms with E-state index in [1.807, 2.05) is 0 Å². The van der Waals surface area contributed by atoms with E-state index in [0.717, 1.165) is 23.5 Å². The van der Waals surface area contributed by atoms with Crippen molar-refractivity contribution in [2.24, 2.45) is 5.73 Å². The van der Waals surface area contributed by atoms with Gasteiger partial charge < -0.3 is 5.73 Å². The van der Waals surface area contributed by atoms with Gasteiger partial charge in [0.1, 0.15) is 5.01 Å². The molecule has 102 valence electrons. The zero-order valence-electron chi connectivity index (χ0n) is 11.9. The van der Waals surface area contributed by atoms with Crippen LogP contribution in [0.25, 0.3) is 0 Å². The minimum absolute atomic E-state index is 0.226. The molecule has 0 amide bonds. The van der Waals surface area contributed by atoms with E-state index in [1.54, 1.807) is 11.3 Å². The molecular formula is C16H22N2S. The Hall–Kier alpha value is -1.19. The largest absolute Gasteiger partial charge is 0.325 e. The highest BCUT2D eigenvalue weighted by Gasteiger charge is 2.12. The van der Waals surface area contributed by atoms with Crippen LogP contribution in [-0.2, 0) is 24.8 Å². The van der Waals surface area contributed by atoms with Gasteiger partial charge in [0, 0.05) is 11.9 Å². The Kier molecular flexibility index (Phi) is 4.38. The van der Waals surface area contributed by atoms with Crippen molar-refractivity contribution < 1.29 is 0 Å². The minimum atomic E-state index is 0.226. The Morgan fingerprint density at radius 3 is 2.32 bits per heavy atom. The van der Waals surface area contributed by atoms with Crippen molar-refractivity contribution in [3.63, 3.8) is 0 Å². The number of aromatic nitrogens is 1. The lowest BCUT2D eigenvalue weighted by Gasteiger charge is -2.19. The quantitative estimate of drug-likeness (QED) is 0.923. The van der Waals surface area contributed by atoms with Crippen LogP contribution in [0.3, 0.4) is 0 Å². The lowest BCUT2D eigenvalue weighted by Crippen LogP contribution is -2.10. The van der Waals surface area contributed by atoms with E-state index in [9.17, 15) is 0 Å². The lowest BCUT2D eigenvalue weighted by molar-refractivity contribution is 0.590. The zero-order chi connectivity index (χ0) is 13.9. The molecule has 19 heavy (non-hydrogen) atoms. The van der Waals surface area contributed by atoms with Crippen LogP contribution in [0.2, 0.25) is 0 Å².